The van der Waals surface area contributed by atoms with Crippen LogP contribution in [0.25, 0.3) is 10.9 Å². The van der Waals surface area contributed by atoms with Gasteiger partial charge in [-0.2, -0.15) is 0 Å². The number of fused-ring (bicyclic) bond motifs is 1. The molecule has 84 valence electrons. The Balaban J connectivity index is 2.47. The van der Waals surface area contributed by atoms with E-state index in [-0.39, 0.29) is 0 Å². The molecule has 0 aliphatic heterocycles. The van der Waals surface area contributed by atoms with Crippen LogP contribution in [0.5, 0.6) is 0 Å². The molecule has 2 rings (SSSR count). The van der Waals surface area contributed by atoms with E-state index >= 15 is 0 Å². The topological polar surface area (TPSA) is 29.0 Å². The quantitative estimate of drug-likeness (QED) is 0.819. The molecule has 1 heterocycles. The highest BCUT2D eigenvalue weighted by atomic mass is 35.5. The predicted octanol–water partition coefficient (Wildman–Crippen LogP) is 3.13. The Morgan fingerprint density at radius 1 is 1.25 bits per heavy atom. The third kappa shape index (κ3) is 2.09. The summed E-state index contributed by atoms with van der Waals surface area (Å²) in [5.74, 6) is 0.778. The van der Waals surface area contributed by atoms with E-state index in [2.05, 4.69) is 28.7 Å². The second-order valence-electron chi connectivity index (χ2n) is 3.55. The van der Waals surface area contributed by atoms with Crippen LogP contribution in [0, 0.1) is 0 Å². The van der Waals surface area contributed by atoms with Gasteiger partial charge in [-0.15, -0.1) is 0 Å². The van der Waals surface area contributed by atoms with E-state index in [4.69, 9.17) is 11.6 Å². The van der Waals surface area contributed by atoms with Gasteiger partial charge in [0, 0.05) is 29.7 Å². The summed E-state index contributed by atoms with van der Waals surface area (Å²) in [5.41, 5.74) is 0.932. The number of halogens is 1. The number of hydrogen-bond donors (Lipinski definition) is 0. The first-order chi connectivity index (χ1) is 7.74. The average molecular weight is 236 g/mol. The lowest BCUT2D eigenvalue weighted by Gasteiger charge is -2.18. The number of aromatic nitrogens is 2. The van der Waals surface area contributed by atoms with Gasteiger partial charge in [-0.25, -0.2) is 9.97 Å². The molecule has 0 atom stereocenters. The van der Waals surface area contributed by atoms with Gasteiger partial charge in [-0.1, -0.05) is 11.6 Å². The molecule has 0 bridgehead atoms. The van der Waals surface area contributed by atoms with Crippen molar-refractivity contribution in [2.24, 2.45) is 0 Å². The Hall–Kier alpha value is -1.35. The lowest BCUT2D eigenvalue weighted by Crippen LogP contribution is -2.24. The Kier molecular flexibility index (Phi) is 3.25. The van der Waals surface area contributed by atoms with Crippen LogP contribution in [0.4, 0.5) is 5.95 Å². The smallest absolute Gasteiger partial charge is 0.225 e. The van der Waals surface area contributed by atoms with Crippen molar-refractivity contribution in [3.8, 4) is 0 Å². The molecule has 0 radical (unpaired) electrons. The van der Waals surface area contributed by atoms with E-state index in [0.717, 1.165) is 29.9 Å². The van der Waals surface area contributed by atoms with E-state index in [1.165, 1.54) is 0 Å². The Morgan fingerprint density at radius 3 is 2.69 bits per heavy atom. The summed E-state index contributed by atoms with van der Waals surface area (Å²) in [6.07, 6.45) is 1.82. The SMILES string of the molecule is CCN(CC)c1ncc2cc(Cl)ccc2n1. The molecular weight excluding hydrogens is 222 g/mol. The molecule has 0 amide bonds. The summed E-state index contributed by atoms with van der Waals surface area (Å²) in [5, 5.41) is 1.69. The fourth-order valence-electron chi connectivity index (χ4n) is 1.65. The summed E-state index contributed by atoms with van der Waals surface area (Å²) in [7, 11) is 0. The highest BCUT2D eigenvalue weighted by molar-refractivity contribution is 6.31. The van der Waals surface area contributed by atoms with Crippen LogP contribution in [0.15, 0.2) is 24.4 Å². The molecule has 0 saturated heterocycles. The first-order valence-electron chi connectivity index (χ1n) is 5.41. The zero-order chi connectivity index (χ0) is 11.5. The zero-order valence-corrected chi connectivity index (χ0v) is 10.2. The standard InChI is InChI=1S/C12H14ClN3/c1-3-16(4-2)12-14-8-9-7-10(13)5-6-11(9)15-12/h5-8H,3-4H2,1-2H3. The zero-order valence-electron chi connectivity index (χ0n) is 9.44. The monoisotopic (exact) mass is 235 g/mol. The largest absolute Gasteiger partial charge is 0.341 e. The normalized spacial score (nSPS) is 10.7. The number of benzene rings is 1. The molecule has 1 aromatic carbocycles. The summed E-state index contributed by atoms with van der Waals surface area (Å²) < 4.78 is 0. The molecule has 0 saturated carbocycles. The maximum atomic E-state index is 5.91. The number of rotatable bonds is 3. The van der Waals surface area contributed by atoms with Crippen molar-refractivity contribution >= 4 is 28.5 Å². The van der Waals surface area contributed by atoms with E-state index in [1.54, 1.807) is 0 Å². The fourth-order valence-corrected chi connectivity index (χ4v) is 1.83. The van der Waals surface area contributed by atoms with Crippen LogP contribution in [0.1, 0.15) is 13.8 Å². The first kappa shape index (κ1) is 11.1. The minimum Gasteiger partial charge on any atom is -0.341 e. The van der Waals surface area contributed by atoms with Crippen LogP contribution >= 0.6 is 11.6 Å². The molecule has 2 aromatic rings. The van der Waals surface area contributed by atoms with Crippen LogP contribution in [0.2, 0.25) is 5.02 Å². The molecule has 1 aromatic heterocycles. The van der Waals surface area contributed by atoms with Crippen LogP contribution < -0.4 is 4.90 Å². The van der Waals surface area contributed by atoms with Gasteiger partial charge < -0.3 is 4.90 Å². The molecule has 3 nitrogen and oxygen atoms in total. The van der Waals surface area contributed by atoms with Gasteiger partial charge in [0.2, 0.25) is 5.95 Å². The predicted molar refractivity (Wildman–Crippen MR) is 68.1 cm³/mol. The Labute approximate surface area is 100 Å². The summed E-state index contributed by atoms with van der Waals surface area (Å²) >= 11 is 5.91. The Bertz CT molecular complexity index is 495. The van der Waals surface area contributed by atoms with Crippen molar-refractivity contribution in [1.82, 2.24) is 9.97 Å². The molecule has 0 aliphatic carbocycles. The van der Waals surface area contributed by atoms with Crippen molar-refractivity contribution in [2.45, 2.75) is 13.8 Å². The number of nitrogens with zero attached hydrogens (tertiary/aromatic N) is 3. The van der Waals surface area contributed by atoms with E-state index in [0.29, 0.717) is 5.02 Å². The van der Waals surface area contributed by atoms with Gasteiger partial charge in [0.15, 0.2) is 0 Å². The second kappa shape index (κ2) is 4.66. The molecule has 4 heteroatoms. The minimum absolute atomic E-state index is 0.715. The average Bonchev–Trinajstić information content (AvgIpc) is 2.31. The van der Waals surface area contributed by atoms with Gasteiger partial charge in [0.1, 0.15) is 0 Å². The highest BCUT2D eigenvalue weighted by Crippen LogP contribution is 2.19. The molecular formula is C12H14ClN3. The maximum Gasteiger partial charge on any atom is 0.225 e. The first-order valence-corrected chi connectivity index (χ1v) is 5.79. The minimum atomic E-state index is 0.715. The number of hydrogen-bond acceptors (Lipinski definition) is 3. The summed E-state index contributed by atoms with van der Waals surface area (Å²) in [4.78, 5) is 11.0. The summed E-state index contributed by atoms with van der Waals surface area (Å²) in [6.45, 7) is 6.02. The Morgan fingerprint density at radius 2 is 2.00 bits per heavy atom. The van der Waals surface area contributed by atoms with Gasteiger partial charge in [0.25, 0.3) is 0 Å². The third-order valence-electron chi connectivity index (χ3n) is 2.58. The molecule has 0 unspecified atom stereocenters. The van der Waals surface area contributed by atoms with Gasteiger partial charge in [0.05, 0.1) is 5.52 Å². The third-order valence-corrected chi connectivity index (χ3v) is 2.81. The number of anilines is 1. The van der Waals surface area contributed by atoms with Crippen LogP contribution in [-0.4, -0.2) is 23.1 Å². The van der Waals surface area contributed by atoms with Gasteiger partial charge in [-0.3, -0.25) is 0 Å². The lowest BCUT2D eigenvalue weighted by molar-refractivity contribution is 0.826. The van der Waals surface area contributed by atoms with E-state index < -0.39 is 0 Å². The maximum absolute atomic E-state index is 5.91. The lowest BCUT2D eigenvalue weighted by atomic mass is 10.2. The van der Waals surface area contributed by atoms with Crippen molar-refractivity contribution in [3.63, 3.8) is 0 Å². The van der Waals surface area contributed by atoms with Crippen LogP contribution in [-0.2, 0) is 0 Å². The molecule has 0 spiro atoms. The van der Waals surface area contributed by atoms with Gasteiger partial charge >= 0.3 is 0 Å². The molecule has 0 aliphatic rings. The van der Waals surface area contributed by atoms with Gasteiger partial charge in [-0.05, 0) is 32.0 Å². The molecule has 16 heavy (non-hydrogen) atoms. The van der Waals surface area contributed by atoms with Crippen molar-refractivity contribution in [3.05, 3.63) is 29.4 Å². The van der Waals surface area contributed by atoms with Crippen molar-refractivity contribution < 1.29 is 0 Å². The second-order valence-corrected chi connectivity index (χ2v) is 3.98. The highest BCUT2D eigenvalue weighted by Gasteiger charge is 2.06. The van der Waals surface area contributed by atoms with Crippen LogP contribution in [0.3, 0.4) is 0 Å². The van der Waals surface area contributed by atoms with E-state index in [9.17, 15) is 0 Å². The van der Waals surface area contributed by atoms with E-state index in [1.807, 2.05) is 24.4 Å². The fraction of sp³-hybridized carbons (Fsp3) is 0.333. The molecule has 0 fully saturated rings. The summed E-state index contributed by atoms with van der Waals surface area (Å²) in [6, 6.07) is 5.65. The van der Waals surface area contributed by atoms with Crippen molar-refractivity contribution in [1.29, 1.82) is 0 Å². The molecule has 0 N–H and O–H groups in total. The van der Waals surface area contributed by atoms with Crippen molar-refractivity contribution in [2.75, 3.05) is 18.0 Å².